The number of carbonyl (C=O) groups excluding carboxylic acids is 1. The Kier molecular flexibility index (Phi) is 8.78. The largest absolute Gasteiger partial charge is 0.353 e. The summed E-state index contributed by atoms with van der Waals surface area (Å²) in [6.45, 7) is 4.08. The number of nitrogens with one attached hydrogen (secondary N) is 2. The van der Waals surface area contributed by atoms with E-state index in [9.17, 15) is 4.79 Å². The van der Waals surface area contributed by atoms with Gasteiger partial charge in [0.15, 0.2) is 17.0 Å². The van der Waals surface area contributed by atoms with E-state index >= 15 is 0 Å². The average molecular weight is 575 g/mol. The van der Waals surface area contributed by atoms with Gasteiger partial charge in [-0.1, -0.05) is 65.7 Å². The van der Waals surface area contributed by atoms with Gasteiger partial charge in [0, 0.05) is 42.5 Å². The quantitative estimate of drug-likeness (QED) is 0.209. The van der Waals surface area contributed by atoms with Crippen molar-refractivity contribution in [3.63, 3.8) is 0 Å². The summed E-state index contributed by atoms with van der Waals surface area (Å²) < 4.78 is 1.97. The zero-order valence-electron chi connectivity index (χ0n) is 22.0. The molecule has 0 atom stereocenters. The number of aromatic nitrogens is 4. The summed E-state index contributed by atoms with van der Waals surface area (Å²) >= 11 is 12.9. The lowest BCUT2D eigenvalue weighted by molar-refractivity contribution is 0.241. The van der Waals surface area contributed by atoms with Crippen molar-refractivity contribution in [2.75, 3.05) is 31.1 Å². The van der Waals surface area contributed by atoms with E-state index in [4.69, 9.17) is 28.2 Å². The number of amides is 2. The molecule has 40 heavy (non-hydrogen) atoms. The third kappa shape index (κ3) is 6.19. The summed E-state index contributed by atoms with van der Waals surface area (Å²) in [7, 11) is 0. The SMILES string of the molecule is CCNC(=O)NCCN(CCc1ccccc1)c1ncnc2c1nc(-c1ccccc1Cl)n2-c1ccc(Cl)cc1. The standard InChI is InChI=1S/C30H29Cl2N7O/c1-2-33-30(40)34-17-19-38(18-16-21-8-4-3-5-9-21)28-26-29(36-20-35-28)39(23-14-12-22(31)13-15-23)27(37-26)24-10-6-7-11-25(24)32/h3-15,20H,2,16-19H2,1H3,(H2,33,34,40). The maximum absolute atomic E-state index is 12.1. The molecule has 10 heteroatoms. The third-order valence-electron chi connectivity index (χ3n) is 6.44. The van der Waals surface area contributed by atoms with Gasteiger partial charge < -0.3 is 15.5 Å². The normalized spacial score (nSPS) is 11.0. The summed E-state index contributed by atoms with van der Waals surface area (Å²) in [5, 5.41) is 6.90. The molecule has 0 fully saturated rings. The van der Waals surface area contributed by atoms with Gasteiger partial charge in [-0.3, -0.25) is 4.57 Å². The molecular formula is C30H29Cl2N7O. The van der Waals surface area contributed by atoms with E-state index in [1.165, 1.54) is 5.56 Å². The molecule has 0 aliphatic rings. The Hall–Kier alpha value is -4.14. The summed E-state index contributed by atoms with van der Waals surface area (Å²) in [6.07, 6.45) is 2.34. The molecule has 0 aliphatic heterocycles. The van der Waals surface area contributed by atoms with Crippen molar-refractivity contribution in [1.29, 1.82) is 0 Å². The Labute approximate surface area is 243 Å². The molecular weight excluding hydrogens is 545 g/mol. The van der Waals surface area contributed by atoms with Gasteiger partial charge in [0.1, 0.15) is 12.2 Å². The molecule has 8 nitrogen and oxygen atoms in total. The van der Waals surface area contributed by atoms with Crippen molar-refractivity contribution in [3.8, 4) is 17.1 Å². The Morgan fingerprint density at radius 1 is 0.900 bits per heavy atom. The summed E-state index contributed by atoms with van der Waals surface area (Å²) in [4.78, 5) is 28.6. The summed E-state index contributed by atoms with van der Waals surface area (Å²) in [5.41, 5.74) is 4.11. The average Bonchev–Trinajstić information content (AvgIpc) is 3.36. The molecule has 0 aliphatic carbocycles. The second kappa shape index (κ2) is 12.8. The van der Waals surface area contributed by atoms with Gasteiger partial charge in [-0.2, -0.15) is 0 Å². The first kappa shape index (κ1) is 27.4. The van der Waals surface area contributed by atoms with E-state index in [1.54, 1.807) is 6.33 Å². The van der Waals surface area contributed by atoms with Crippen LogP contribution in [0.25, 0.3) is 28.2 Å². The van der Waals surface area contributed by atoms with Crippen LogP contribution >= 0.6 is 23.2 Å². The fourth-order valence-electron chi connectivity index (χ4n) is 4.53. The zero-order valence-corrected chi connectivity index (χ0v) is 23.5. The molecule has 2 heterocycles. The highest BCUT2D eigenvalue weighted by molar-refractivity contribution is 6.33. The van der Waals surface area contributed by atoms with Crippen molar-refractivity contribution in [3.05, 3.63) is 101 Å². The van der Waals surface area contributed by atoms with E-state index in [-0.39, 0.29) is 6.03 Å². The van der Waals surface area contributed by atoms with Crippen LogP contribution in [0.3, 0.4) is 0 Å². The monoisotopic (exact) mass is 573 g/mol. The number of halogens is 2. The van der Waals surface area contributed by atoms with E-state index in [2.05, 4.69) is 37.6 Å². The lowest BCUT2D eigenvalue weighted by Crippen LogP contribution is -2.41. The number of fused-ring (bicyclic) bond motifs is 1. The van der Waals surface area contributed by atoms with Crippen molar-refractivity contribution < 1.29 is 4.79 Å². The second-order valence-corrected chi connectivity index (χ2v) is 9.95. The zero-order chi connectivity index (χ0) is 27.9. The maximum atomic E-state index is 12.1. The molecule has 0 bridgehead atoms. The van der Waals surface area contributed by atoms with Crippen LogP contribution < -0.4 is 15.5 Å². The minimum Gasteiger partial charge on any atom is -0.353 e. The van der Waals surface area contributed by atoms with Crippen LogP contribution in [0.4, 0.5) is 10.6 Å². The van der Waals surface area contributed by atoms with Crippen LogP contribution in [-0.4, -0.2) is 51.7 Å². The van der Waals surface area contributed by atoms with Gasteiger partial charge >= 0.3 is 6.03 Å². The molecule has 0 spiro atoms. The fourth-order valence-corrected chi connectivity index (χ4v) is 4.88. The van der Waals surface area contributed by atoms with Gasteiger partial charge in [0.05, 0.1) is 5.02 Å². The fraction of sp³-hybridized carbons (Fsp3) is 0.200. The lowest BCUT2D eigenvalue weighted by Gasteiger charge is -2.24. The molecule has 0 saturated carbocycles. The van der Waals surface area contributed by atoms with Crippen molar-refractivity contribution >= 4 is 46.2 Å². The number of benzene rings is 3. The number of nitrogens with zero attached hydrogens (tertiary/aromatic N) is 5. The molecule has 3 aromatic carbocycles. The van der Waals surface area contributed by atoms with E-state index in [1.807, 2.05) is 78.2 Å². The van der Waals surface area contributed by atoms with Gasteiger partial charge in [-0.15, -0.1) is 0 Å². The lowest BCUT2D eigenvalue weighted by atomic mass is 10.1. The number of urea groups is 1. The van der Waals surface area contributed by atoms with Crippen molar-refractivity contribution in [2.24, 2.45) is 0 Å². The van der Waals surface area contributed by atoms with Gasteiger partial charge in [-0.25, -0.2) is 19.7 Å². The summed E-state index contributed by atoms with van der Waals surface area (Å²) in [6, 6.07) is 25.2. The highest BCUT2D eigenvalue weighted by atomic mass is 35.5. The molecule has 0 unspecified atom stereocenters. The molecule has 0 saturated heterocycles. The Morgan fingerprint density at radius 3 is 2.40 bits per heavy atom. The van der Waals surface area contributed by atoms with Crippen molar-refractivity contribution in [2.45, 2.75) is 13.3 Å². The number of carbonyl (C=O) groups is 1. The number of hydrogen-bond donors (Lipinski definition) is 2. The van der Waals surface area contributed by atoms with Gasteiger partial charge in [0.25, 0.3) is 0 Å². The van der Waals surface area contributed by atoms with Gasteiger partial charge in [0.2, 0.25) is 0 Å². The second-order valence-electron chi connectivity index (χ2n) is 9.11. The third-order valence-corrected chi connectivity index (χ3v) is 7.02. The molecule has 204 valence electrons. The van der Waals surface area contributed by atoms with E-state index < -0.39 is 0 Å². The first-order valence-electron chi connectivity index (χ1n) is 13.1. The van der Waals surface area contributed by atoms with E-state index in [0.717, 1.165) is 17.7 Å². The minimum atomic E-state index is -0.202. The summed E-state index contributed by atoms with van der Waals surface area (Å²) in [5.74, 6) is 1.33. The topological polar surface area (TPSA) is 88.0 Å². The first-order valence-corrected chi connectivity index (χ1v) is 13.9. The molecule has 0 radical (unpaired) electrons. The molecule has 2 amide bonds. The number of hydrogen-bond acceptors (Lipinski definition) is 5. The smallest absolute Gasteiger partial charge is 0.314 e. The number of anilines is 1. The van der Waals surface area contributed by atoms with Crippen LogP contribution in [0.15, 0.2) is 85.2 Å². The van der Waals surface area contributed by atoms with Crippen LogP contribution in [0.2, 0.25) is 10.0 Å². The Balaban J connectivity index is 1.60. The van der Waals surface area contributed by atoms with Crippen LogP contribution in [-0.2, 0) is 6.42 Å². The predicted molar refractivity (Wildman–Crippen MR) is 162 cm³/mol. The van der Waals surface area contributed by atoms with Crippen molar-refractivity contribution in [1.82, 2.24) is 30.2 Å². The minimum absolute atomic E-state index is 0.202. The number of rotatable bonds is 10. The Bertz CT molecular complexity index is 1590. The van der Waals surface area contributed by atoms with Crippen LogP contribution in [0, 0.1) is 0 Å². The first-order chi connectivity index (χ1) is 19.5. The molecule has 2 aromatic heterocycles. The van der Waals surface area contributed by atoms with Crippen LogP contribution in [0.5, 0.6) is 0 Å². The van der Waals surface area contributed by atoms with E-state index in [0.29, 0.717) is 59.0 Å². The molecule has 5 rings (SSSR count). The molecule has 2 N–H and O–H groups in total. The Morgan fingerprint density at radius 2 is 1.65 bits per heavy atom. The predicted octanol–water partition coefficient (Wildman–Crippen LogP) is 6.16. The highest BCUT2D eigenvalue weighted by Crippen LogP contribution is 2.34. The van der Waals surface area contributed by atoms with Gasteiger partial charge in [-0.05, 0) is 55.3 Å². The maximum Gasteiger partial charge on any atom is 0.314 e. The van der Waals surface area contributed by atoms with Crippen LogP contribution in [0.1, 0.15) is 12.5 Å². The highest BCUT2D eigenvalue weighted by Gasteiger charge is 2.23. The molecule has 5 aromatic rings. The number of imidazole rings is 1.